The van der Waals surface area contributed by atoms with Crippen molar-refractivity contribution in [2.75, 3.05) is 25.6 Å². The molecule has 3 rings (SSSR count). The molecule has 1 aliphatic carbocycles. The first-order valence-corrected chi connectivity index (χ1v) is 8.84. The number of nitrogens with zero attached hydrogens (tertiary/aromatic N) is 2. The largest absolute Gasteiger partial charge is 0.449 e. The van der Waals surface area contributed by atoms with E-state index in [9.17, 15) is 4.79 Å². The first kappa shape index (κ1) is 16.3. The molecule has 1 heterocycles. The fraction of sp³-hybridized carbons (Fsp3) is 0.632. The van der Waals surface area contributed by atoms with Crippen LogP contribution in [0.5, 0.6) is 0 Å². The second-order valence-corrected chi connectivity index (χ2v) is 6.96. The summed E-state index contributed by atoms with van der Waals surface area (Å²) in [6.07, 6.45) is 7.31. The summed E-state index contributed by atoms with van der Waals surface area (Å²) in [7, 11) is 4.03. The number of likely N-dealkylation sites (tertiary alicyclic amines) is 1. The third-order valence-electron chi connectivity index (χ3n) is 5.62. The van der Waals surface area contributed by atoms with Gasteiger partial charge in [-0.2, -0.15) is 0 Å². The number of fused-ring (bicyclic) bond motifs is 1. The zero-order chi connectivity index (χ0) is 16.2. The number of amides is 1. The highest BCUT2D eigenvalue weighted by molar-refractivity contribution is 5.86. The summed E-state index contributed by atoms with van der Waals surface area (Å²) in [5.41, 5.74) is 0.862. The maximum atomic E-state index is 12.1. The van der Waals surface area contributed by atoms with Gasteiger partial charge in [0.05, 0.1) is 6.61 Å². The van der Waals surface area contributed by atoms with Crippen LogP contribution in [0.4, 0.5) is 10.5 Å². The van der Waals surface area contributed by atoms with Crippen LogP contribution in [-0.4, -0.2) is 43.8 Å². The minimum absolute atomic E-state index is 0.271. The first-order valence-electron chi connectivity index (χ1n) is 8.84. The van der Waals surface area contributed by atoms with Crippen LogP contribution in [-0.2, 0) is 4.74 Å². The Hall–Kier alpha value is -1.55. The molecule has 2 fully saturated rings. The van der Waals surface area contributed by atoms with Gasteiger partial charge in [-0.05, 0) is 57.2 Å². The summed E-state index contributed by atoms with van der Waals surface area (Å²) in [5.74, 6) is 0.914. The average Bonchev–Trinajstić information content (AvgIpc) is 3.15. The van der Waals surface area contributed by atoms with Crippen molar-refractivity contribution in [1.29, 1.82) is 0 Å². The quantitative estimate of drug-likeness (QED) is 0.772. The SMILES string of the molecule is CN(C(=O)OCCC[C@@H]1C[C@@H]2CCC[C@@H]2N1C)c1ccccc1. The summed E-state index contributed by atoms with van der Waals surface area (Å²) in [6.45, 7) is 0.510. The zero-order valence-corrected chi connectivity index (χ0v) is 14.3. The Morgan fingerprint density at radius 2 is 2.09 bits per heavy atom. The second kappa shape index (κ2) is 7.35. The highest BCUT2D eigenvalue weighted by Crippen LogP contribution is 2.41. The van der Waals surface area contributed by atoms with Crippen LogP contribution in [0, 0.1) is 5.92 Å². The van der Waals surface area contributed by atoms with E-state index in [-0.39, 0.29) is 6.09 Å². The van der Waals surface area contributed by atoms with Crippen molar-refractivity contribution in [2.45, 2.75) is 50.6 Å². The fourth-order valence-electron chi connectivity index (χ4n) is 4.27. The van der Waals surface area contributed by atoms with E-state index in [1.54, 1.807) is 11.9 Å². The van der Waals surface area contributed by atoms with Crippen LogP contribution < -0.4 is 4.90 Å². The van der Waals surface area contributed by atoms with Gasteiger partial charge < -0.3 is 9.64 Å². The number of para-hydroxylation sites is 1. The molecule has 0 N–H and O–H groups in total. The molecule has 23 heavy (non-hydrogen) atoms. The topological polar surface area (TPSA) is 32.8 Å². The summed E-state index contributed by atoms with van der Waals surface area (Å²) in [6, 6.07) is 11.1. The summed E-state index contributed by atoms with van der Waals surface area (Å²) < 4.78 is 5.42. The van der Waals surface area contributed by atoms with E-state index in [2.05, 4.69) is 11.9 Å². The molecular weight excluding hydrogens is 288 g/mol. The van der Waals surface area contributed by atoms with E-state index in [1.165, 1.54) is 25.7 Å². The molecule has 126 valence electrons. The highest BCUT2D eigenvalue weighted by Gasteiger charge is 2.40. The first-order chi connectivity index (χ1) is 11.2. The van der Waals surface area contributed by atoms with Crippen molar-refractivity contribution in [3.63, 3.8) is 0 Å². The van der Waals surface area contributed by atoms with E-state index in [4.69, 9.17) is 4.74 Å². The molecule has 1 saturated carbocycles. The van der Waals surface area contributed by atoms with Crippen LogP contribution >= 0.6 is 0 Å². The minimum Gasteiger partial charge on any atom is -0.449 e. The average molecular weight is 316 g/mol. The standard InChI is InChI=1S/C19H28N2O2/c1-20-17(14-15-8-6-12-18(15)20)11-7-13-23-19(22)21(2)16-9-4-3-5-10-16/h3-5,9-10,15,17-18H,6-8,11-14H2,1-2H3/t15-,17+,18-/m0/s1. The van der Waals surface area contributed by atoms with E-state index < -0.39 is 0 Å². The van der Waals surface area contributed by atoms with E-state index >= 15 is 0 Å². The van der Waals surface area contributed by atoms with Crippen molar-refractivity contribution in [1.82, 2.24) is 4.90 Å². The Kier molecular flexibility index (Phi) is 5.21. The van der Waals surface area contributed by atoms with E-state index in [0.717, 1.165) is 30.5 Å². The number of rotatable bonds is 5. The van der Waals surface area contributed by atoms with E-state index in [0.29, 0.717) is 12.6 Å². The van der Waals surface area contributed by atoms with Crippen LogP contribution in [0.2, 0.25) is 0 Å². The molecule has 4 heteroatoms. The third kappa shape index (κ3) is 3.69. The minimum atomic E-state index is -0.271. The highest BCUT2D eigenvalue weighted by atomic mass is 16.6. The molecule has 0 unspecified atom stereocenters. The molecule has 4 nitrogen and oxygen atoms in total. The summed E-state index contributed by atoms with van der Waals surface area (Å²) in [5, 5.41) is 0. The summed E-state index contributed by atoms with van der Waals surface area (Å²) >= 11 is 0. The lowest BCUT2D eigenvalue weighted by molar-refractivity contribution is 0.146. The van der Waals surface area contributed by atoms with Crippen LogP contribution in [0.3, 0.4) is 0 Å². The summed E-state index contributed by atoms with van der Waals surface area (Å²) in [4.78, 5) is 16.2. The number of carbonyl (C=O) groups excluding carboxylic acids is 1. The van der Waals surface area contributed by atoms with Gasteiger partial charge in [0.15, 0.2) is 0 Å². The number of benzene rings is 1. The zero-order valence-electron chi connectivity index (χ0n) is 14.3. The van der Waals surface area contributed by atoms with Gasteiger partial charge in [-0.3, -0.25) is 4.90 Å². The lowest BCUT2D eigenvalue weighted by atomic mass is 10.00. The van der Waals surface area contributed by atoms with Gasteiger partial charge in [0.2, 0.25) is 0 Å². The van der Waals surface area contributed by atoms with Gasteiger partial charge in [0.25, 0.3) is 0 Å². The molecule has 1 amide bonds. The molecule has 1 aromatic carbocycles. The van der Waals surface area contributed by atoms with Crippen LogP contribution in [0.1, 0.15) is 38.5 Å². The van der Waals surface area contributed by atoms with E-state index in [1.807, 2.05) is 30.3 Å². The van der Waals surface area contributed by atoms with Gasteiger partial charge >= 0.3 is 6.09 Å². The molecule has 0 radical (unpaired) electrons. The molecule has 1 aromatic rings. The van der Waals surface area contributed by atoms with Crippen LogP contribution in [0.15, 0.2) is 30.3 Å². The normalized spacial score (nSPS) is 27.0. The predicted octanol–water partition coefficient (Wildman–Crippen LogP) is 3.91. The molecular formula is C19H28N2O2. The third-order valence-corrected chi connectivity index (χ3v) is 5.62. The van der Waals surface area contributed by atoms with Gasteiger partial charge in [-0.25, -0.2) is 4.79 Å². The molecule has 0 spiro atoms. The molecule has 3 atom stereocenters. The molecule has 0 aromatic heterocycles. The van der Waals surface area contributed by atoms with Crippen molar-refractivity contribution in [3.05, 3.63) is 30.3 Å². The van der Waals surface area contributed by atoms with Gasteiger partial charge in [0.1, 0.15) is 0 Å². The Balaban J connectivity index is 1.38. The van der Waals surface area contributed by atoms with Crippen molar-refractivity contribution in [2.24, 2.45) is 5.92 Å². The van der Waals surface area contributed by atoms with Crippen molar-refractivity contribution >= 4 is 11.8 Å². The lowest BCUT2D eigenvalue weighted by Gasteiger charge is -2.25. The Morgan fingerprint density at radius 1 is 1.30 bits per heavy atom. The Labute approximate surface area is 139 Å². The number of carbonyl (C=O) groups is 1. The van der Waals surface area contributed by atoms with Crippen LogP contribution in [0.25, 0.3) is 0 Å². The number of ether oxygens (including phenoxy) is 1. The molecule has 1 aliphatic heterocycles. The monoisotopic (exact) mass is 316 g/mol. The number of hydrogen-bond donors (Lipinski definition) is 0. The fourth-order valence-corrected chi connectivity index (χ4v) is 4.27. The lowest BCUT2D eigenvalue weighted by Crippen LogP contribution is -2.32. The molecule has 2 aliphatic rings. The number of anilines is 1. The van der Waals surface area contributed by atoms with Crippen molar-refractivity contribution in [3.8, 4) is 0 Å². The Bertz CT molecular complexity index is 519. The van der Waals surface area contributed by atoms with Crippen molar-refractivity contribution < 1.29 is 9.53 Å². The van der Waals surface area contributed by atoms with Gasteiger partial charge in [-0.1, -0.05) is 24.6 Å². The Morgan fingerprint density at radius 3 is 2.83 bits per heavy atom. The maximum Gasteiger partial charge on any atom is 0.414 e. The molecule has 0 bridgehead atoms. The number of hydrogen-bond acceptors (Lipinski definition) is 3. The van der Waals surface area contributed by atoms with Gasteiger partial charge in [-0.15, -0.1) is 0 Å². The van der Waals surface area contributed by atoms with Gasteiger partial charge in [0, 0.05) is 24.8 Å². The second-order valence-electron chi connectivity index (χ2n) is 6.96. The molecule has 1 saturated heterocycles. The maximum absolute atomic E-state index is 12.1. The predicted molar refractivity (Wildman–Crippen MR) is 92.7 cm³/mol. The smallest absolute Gasteiger partial charge is 0.414 e.